The van der Waals surface area contributed by atoms with Gasteiger partial charge in [0.25, 0.3) is 0 Å². The summed E-state index contributed by atoms with van der Waals surface area (Å²) in [7, 11) is 2.05. The minimum atomic E-state index is 0.641. The fraction of sp³-hybridized carbons (Fsp3) is 0.333. The summed E-state index contributed by atoms with van der Waals surface area (Å²) in [5, 5.41) is 1.24. The predicted molar refractivity (Wildman–Crippen MR) is 58.6 cm³/mol. The zero-order chi connectivity index (χ0) is 10.4. The van der Waals surface area contributed by atoms with Gasteiger partial charge < -0.3 is 14.0 Å². The van der Waals surface area contributed by atoms with Crippen LogP contribution in [-0.2, 0) is 7.05 Å². The molecular formula is C12H13NO2. The second-order valence-electron chi connectivity index (χ2n) is 3.94. The SMILES string of the molecule is Cc1cn(C)c2cc3c(cc12)OCCO3. The average Bonchev–Trinajstić information content (AvgIpc) is 2.52. The number of aromatic nitrogens is 1. The van der Waals surface area contributed by atoms with Crippen LogP contribution in [0.4, 0.5) is 0 Å². The minimum absolute atomic E-state index is 0.641. The lowest BCUT2D eigenvalue weighted by Gasteiger charge is -2.18. The molecule has 0 saturated heterocycles. The van der Waals surface area contributed by atoms with Crippen LogP contribution in [0.1, 0.15) is 5.56 Å². The van der Waals surface area contributed by atoms with E-state index in [-0.39, 0.29) is 0 Å². The molecule has 3 heteroatoms. The van der Waals surface area contributed by atoms with Gasteiger partial charge in [0.2, 0.25) is 0 Å². The summed E-state index contributed by atoms with van der Waals surface area (Å²) in [4.78, 5) is 0. The van der Waals surface area contributed by atoms with Gasteiger partial charge in [-0.15, -0.1) is 0 Å². The van der Waals surface area contributed by atoms with Crippen molar-refractivity contribution in [1.29, 1.82) is 0 Å². The van der Waals surface area contributed by atoms with E-state index in [1.54, 1.807) is 0 Å². The smallest absolute Gasteiger partial charge is 0.163 e. The summed E-state index contributed by atoms with van der Waals surface area (Å²) < 4.78 is 13.2. The van der Waals surface area contributed by atoms with Crippen molar-refractivity contribution in [2.45, 2.75) is 6.92 Å². The molecule has 0 fully saturated rings. The molecule has 1 aliphatic rings. The molecule has 2 aromatic rings. The first kappa shape index (κ1) is 8.65. The number of hydrogen-bond donors (Lipinski definition) is 0. The van der Waals surface area contributed by atoms with Crippen molar-refractivity contribution >= 4 is 10.9 Å². The Kier molecular flexibility index (Phi) is 1.69. The highest BCUT2D eigenvalue weighted by molar-refractivity contribution is 5.87. The molecule has 0 atom stereocenters. The molecular weight excluding hydrogens is 190 g/mol. The fourth-order valence-corrected chi connectivity index (χ4v) is 2.12. The maximum absolute atomic E-state index is 5.56. The molecule has 15 heavy (non-hydrogen) atoms. The summed E-state index contributed by atoms with van der Waals surface area (Å²) in [6.07, 6.45) is 2.12. The second-order valence-corrected chi connectivity index (χ2v) is 3.94. The number of aryl methyl sites for hydroxylation is 2. The van der Waals surface area contributed by atoms with Gasteiger partial charge in [-0.1, -0.05) is 0 Å². The summed E-state index contributed by atoms with van der Waals surface area (Å²) in [5.74, 6) is 1.72. The third-order valence-corrected chi connectivity index (χ3v) is 2.85. The largest absolute Gasteiger partial charge is 0.486 e. The third-order valence-electron chi connectivity index (χ3n) is 2.85. The molecule has 1 aromatic carbocycles. The predicted octanol–water partition coefficient (Wildman–Crippen LogP) is 2.26. The number of hydrogen-bond acceptors (Lipinski definition) is 2. The van der Waals surface area contributed by atoms with Crippen LogP contribution >= 0.6 is 0 Å². The van der Waals surface area contributed by atoms with Gasteiger partial charge in [0, 0.05) is 24.7 Å². The topological polar surface area (TPSA) is 23.4 Å². The van der Waals surface area contributed by atoms with Gasteiger partial charge in [-0.25, -0.2) is 0 Å². The Balaban J connectivity index is 2.32. The standard InChI is InChI=1S/C12H13NO2/c1-8-7-13(2)10-6-12-11(5-9(8)10)14-3-4-15-12/h5-7H,3-4H2,1-2H3. The number of benzene rings is 1. The van der Waals surface area contributed by atoms with E-state index in [4.69, 9.17) is 9.47 Å². The molecule has 0 saturated carbocycles. The van der Waals surface area contributed by atoms with Gasteiger partial charge in [-0.05, 0) is 18.6 Å². The van der Waals surface area contributed by atoms with Gasteiger partial charge in [0.05, 0.1) is 5.52 Å². The van der Waals surface area contributed by atoms with Crippen LogP contribution in [0, 0.1) is 6.92 Å². The highest BCUT2D eigenvalue weighted by Gasteiger charge is 2.14. The van der Waals surface area contributed by atoms with E-state index in [2.05, 4.69) is 29.8 Å². The Morgan fingerprint density at radius 1 is 1.13 bits per heavy atom. The van der Waals surface area contributed by atoms with Crippen molar-refractivity contribution in [2.75, 3.05) is 13.2 Å². The first-order valence-corrected chi connectivity index (χ1v) is 5.11. The van der Waals surface area contributed by atoms with E-state index < -0.39 is 0 Å². The van der Waals surface area contributed by atoms with E-state index in [0.29, 0.717) is 13.2 Å². The average molecular weight is 203 g/mol. The van der Waals surface area contributed by atoms with Gasteiger partial charge in [-0.3, -0.25) is 0 Å². The van der Waals surface area contributed by atoms with Gasteiger partial charge in [0.1, 0.15) is 13.2 Å². The molecule has 0 spiro atoms. The lowest BCUT2D eigenvalue weighted by molar-refractivity contribution is 0.172. The number of ether oxygens (including phenoxy) is 2. The van der Waals surface area contributed by atoms with Crippen molar-refractivity contribution in [3.63, 3.8) is 0 Å². The molecule has 1 aliphatic heterocycles. The van der Waals surface area contributed by atoms with E-state index in [1.165, 1.54) is 16.5 Å². The van der Waals surface area contributed by atoms with Crippen LogP contribution in [0.5, 0.6) is 11.5 Å². The fourth-order valence-electron chi connectivity index (χ4n) is 2.12. The molecule has 0 unspecified atom stereocenters. The van der Waals surface area contributed by atoms with E-state index >= 15 is 0 Å². The Labute approximate surface area is 88.2 Å². The molecule has 2 heterocycles. The zero-order valence-electron chi connectivity index (χ0n) is 8.91. The van der Waals surface area contributed by atoms with Gasteiger partial charge in [-0.2, -0.15) is 0 Å². The first-order valence-electron chi connectivity index (χ1n) is 5.11. The Hall–Kier alpha value is -1.64. The van der Waals surface area contributed by atoms with Crippen LogP contribution in [0.3, 0.4) is 0 Å². The summed E-state index contributed by atoms with van der Waals surface area (Å²) in [6, 6.07) is 4.12. The maximum Gasteiger partial charge on any atom is 0.163 e. The molecule has 0 amide bonds. The minimum Gasteiger partial charge on any atom is -0.486 e. The number of fused-ring (bicyclic) bond motifs is 2. The van der Waals surface area contributed by atoms with Gasteiger partial charge >= 0.3 is 0 Å². The molecule has 0 radical (unpaired) electrons. The lowest BCUT2D eigenvalue weighted by Crippen LogP contribution is -2.15. The number of nitrogens with zero attached hydrogens (tertiary/aromatic N) is 1. The third kappa shape index (κ3) is 1.19. The molecule has 1 aromatic heterocycles. The van der Waals surface area contributed by atoms with Crippen LogP contribution in [0.15, 0.2) is 18.3 Å². The van der Waals surface area contributed by atoms with Gasteiger partial charge in [0.15, 0.2) is 11.5 Å². The van der Waals surface area contributed by atoms with Crippen molar-refractivity contribution in [1.82, 2.24) is 4.57 Å². The van der Waals surface area contributed by atoms with Crippen LogP contribution in [0.2, 0.25) is 0 Å². The maximum atomic E-state index is 5.56. The molecule has 0 N–H and O–H groups in total. The lowest BCUT2D eigenvalue weighted by atomic mass is 10.1. The van der Waals surface area contributed by atoms with Crippen LogP contribution < -0.4 is 9.47 Å². The highest BCUT2D eigenvalue weighted by Crippen LogP contribution is 2.35. The van der Waals surface area contributed by atoms with Crippen LogP contribution in [0.25, 0.3) is 10.9 Å². The summed E-state index contributed by atoms with van der Waals surface area (Å²) in [6.45, 7) is 3.39. The van der Waals surface area contributed by atoms with E-state index in [0.717, 1.165) is 11.5 Å². The molecule has 3 rings (SSSR count). The number of rotatable bonds is 0. The van der Waals surface area contributed by atoms with E-state index in [9.17, 15) is 0 Å². The monoisotopic (exact) mass is 203 g/mol. The Morgan fingerprint density at radius 3 is 2.53 bits per heavy atom. The van der Waals surface area contributed by atoms with Crippen molar-refractivity contribution in [2.24, 2.45) is 7.05 Å². The van der Waals surface area contributed by atoms with Crippen molar-refractivity contribution in [3.05, 3.63) is 23.9 Å². The van der Waals surface area contributed by atoms with Crippen molar-refractivity contribution < 1.29 is 9.47 Å². The molecule has 0 aliphatic carbocycles. The molecule has 0 bridgehead atoms. The summed E-state index contributed by atoms with van der Waals surface area (Å²) >= 11 is 0. The Morgan fingerprint density at radius 2 is 1.80 bits per heavy atom. The zero-order valence-corrected chi connectivity index (χ0v) is 8.91. The Bertz CT molecular complexity index is 482. The highest BCUT2D eigenvalue weighted by atomic mass is 16.6. The first-order chi connectivity index (χ1) is 7.25. The quantitative estimate of drug-likeness (QED) is 0.655. The summed E-state index contributed by atoms with van der Waals surface area (Å²) in [5.41, 5.74) is 2.46. The van der Waals surface area contributed by atoms with Crippen molar-refractivity contribution in [3.8, 4) is 11.5 Å². The van der Waals surface area contributed by atoms with Crippen LogP contribution in [-0.4, -0.2) is 17.8 Å². The second kappa shape index (κ2) is 2.92. The normalized spacial score (nSPS) is 14.5. The van der Waals surface area contributed by atoms with E-state index in [1.807, 2.05) is 7.05 Å². The molecule has 3 nitrogen and oxygen atoms in total. The molecule has 78 valence electrons.